The monoisotopic (exact) mass is 437 g/mol. The molecule has 0 aromatic heterocycles. The number of halogens is 1. The number of nitrogens with zero attached hydrogens (tertiary/aromatic N) is 1. The summed E-state index contributed by atoms with van der Waals surface area (Å²) in [6.45, 7) is 2.34. The fraction of sp³-hybridized carbons (Fsp3) is 0.280. The lowest BCUT2D eigenvalue weighted by Crippen LogP contribution is -2.41. The van der Waals surface area contributed by atoms with Crippen LogP contribution in [-0.2, 0) is 9.53 Å². The molecule has 0 N–H and O–H groups in total. The third-order valence-corrected chi connectivity index (χ3v) is 5.53. The number of hydrogen-bond donors (Lipinski definition) is 0. The predicted molar refractivity (Wildman–Crippen MR) is 117 cm³/mol. The maximum absolute atomic E-state index is 14.1. The molecule has 1 heterocycles. The first-order valence-electron chi connectivity index (χ1n) is 10.5. The van der Waals surface area contributed by atoms with Crippen molar-refractivity contribution in [3.05, 3.63) is 72.0 Å². The Morgan fingerprint density at radius 1 is 1.03 bits per heavy atom. The Kier molecular flexibility index (Phi) is 6.25. The van der Waals surface area contributed by atoms with E-state index in [4.69, 9.17) is 14.2 Å². The first-order valence-corrected chi connectivity index (χ1v) is 10.5. The van der Waals surface area contributed by atoms with E-state index in [1.807, 2.05) is 37.3 Å². The van der Waals surface area contributed by atoms with Gasteiger partial charge in [-0.15, -0.1) is 0 Å². The van der Waals surface area contributed by atoms with Gasteiger partial charge in [-0.1, -0.05) is 42.5 Å². The number of carbonyl (C=O) groups is 2. The fourth-order valence-corrected chi connectivity index (χ4v) is 4.08. The molecule has 166 valence electrons. The molecule has 3 aromatic carbocycles. The molecule has 0 bridgehead atoms. The average Bonchev–Trinajstić information content (AvgIpc) is 3.23. The molecule has 4 rings (SSSR count). The minimum Gasteiger partial charge on any atom is -0.493 e. The number of methoxy groups -OCH3 is 1. The average molecular weight is 437 g/mol. The third kappa shape index (κ3) is 4.10. The molecule has 7 heteroatoms. The van der Waals surface area contributed by atoms with Crippen molar-refractivity contribution < 1.29 is 28.2 Å². The molecule has 3 aromatic rings. The SMILES string of the molecule is CCOc1ccc2ccccc2c1C(=O)N1CC(Oc2ccccc2F)CC1C(=O)OC. The number of fused-ring (bicyclic) bond motifs is 1. The molecule has 1 aliphatic rings. The largest absolute Gasteiger partial charge is 0.493 e. The van der Waals surface area contributed by atoms with E-state index in [0.717, 1.165) is 10.8 Å². The number of likely N-dealkylation sites (tertiary alicyclic amines) is 1. The summed E-state index contributed by atoms with van der Waals surface area (Å²) in [5, 5.41) is 1.61. The molecule has 2 atom stereocenters. The number of carbonyl (C=O) groups excluding carboxylic acids is 2. The van der Waals surface area contributed by atoms with Crippen molar-refractivity contribution in [2.24, 2.45) is 0 Å². The summed E-state index contributed by atoms with van der Waals surface area (Å²) in [6, 6.07) is 16.4. The highest BCUT2D eigenvalue weighted by molar-refractivity contribution is 6.10. The minimum absolute atomic E-state index is 0.0792. The highest BCUT2D eigenvalue weighted by atomic mass is 19.1. The van der Waals surface area contributed by atoms with Gasteiger partial charge in [-0.25, -0.2) is 9.18 Å². The predicted octanol–water partition coefficient (Wildman–Crippen LogP) is 4.21. The molecule has 1 amide bonds. The van der Waals surface area contributed by atoms with Crippen LogP contribution in [-0.4, -0.2) is 49.2 Å². The van der Waals surface area contributed by atoms with Crippen molar-refractivity contribution in [2.45, 2.75) is 25.5 Å². The molecule has 1 fully saturated rings. The summed E-state index contributed by atoms with van der Waals surface area (Å²) < 4.78 is 30.6. The molecule has 32 heavy (non-hydrogen) atoms. The van der Waals surface area contributed by atoms with Gasteiger partial charge in [0.05, 0.1) is 25.8 Å². The Balaban J connectivity index is 1.70. The topological polar surface area (TPSA) is 65.1 Å². The highest BCUT2D eigenvalue weighted by Crippen LogP contribution is 2.33. The van der Waals surface area contributed by atoms with Gasteiger partial charge >= 0.3 is 5.97 Å². The molecule has 1 saturated heterocycles. The van der Waals surface area contributed by atoms with E-state index in [0.29, 0.717) is 17.9 Å². The van der Waals surface area contributed by atoms with Crippen LogP contribution in [0.3, 0.4) is 0 Å². The number of para-hydroxylation sites is 1. The first kappa shape index (κ1) is 21.6. The van der Waals surface area contributed by atoms with Crippen molar-refractivity contribution in [3.63, 3.8) is 0 Å². The summed E-state index contributed by atoms with van der Waals surface area (Å²) in [5.74, 6) is -0.884. The molecule has 6 nitrogen and oxygen atoms in total. The Morgan fingerprint density at radius 3 is 2.53 bits per heavy atom. The number of esters is 1. The van der Waals surface area contributed by atoms with Crippen molar-refractivity contribution in [1.82, 2.24) is 4.90 Å². The van der Waals surface area contributed by atoms with Crippen LogP contribution in [0.5, 0.6) is 11.5 Å². The maximum atomic E-state index is 14.1. The van der Waals surface area contributed by atoms with Crippen molar-refractivity contribution in [1.29, 1.82) is 0 Å². The number of hydrogen-bond acceptors (Lipinski definition) is 5. The van der Waals surface area contributed by atoms with Crippen LogP contribution in [0.25, 0.3) is 10.8 Å². The first-order chi connectivity index (χ1) is 15.5. The molecular weight excluding hydrogens is 413 g/mol. The van der Waals surface area contributed by atoms with E-state index >= 15 is 0 Å². The van der Waals surface area contributed by atoms with Gasteiger partial charge in [-0.3, -0.25) is 4.79 Å². The van der Waals surface area contributed by atoms with Crippen molar-refractivity contribution >= 4 is 22.6 Å². The van der Waals surface area contributed by atoms with E-state index < -0.39 is 23.9 Å². The smallest absolute Gasteiger partial charge is 0.328 e. The van der Waals surface area contributed by atoms with E-state index in [9.17, 15) is 14.0 Å². The van der Waals surface area contributed by atoms with Gasteiger partial charge in [-0.2, -0.15) is 0 Å². The lowest BCUT2D eigenvalue weighted by Gasteiger charge is -2.24. The quantitative estimate of drug-likeness (QED) is 0.541. The zero-order valence-electron chi connectivity index (χ0n) is 17.9. The van der Waals surface area contributed by atoms with Crippen LogP contribution in [0.1, 0.15) is 23.7 Å². The van der Waals surface area contributed by atoms with Gasteiger partial charge < -0.3 is 19.1 Å². The Labute approximate surface area is 185 Å². The van der Waals surface area contributed by atoms with Gasteiger partial charge in [0, 0.05) is 6.42 Å². The highest BCUT2D eigenvalue weighted by Gasteiger charge is 2.43. The second-order valence-electron chi connectivity index (χ2n) is 7.50. The van der Waals surface area contributed by atoms with Crippen LogP contribution in [0, 0.1) is 5.82 Å². The Bertz CT molecular complexity index is 1150. The number of ether oxygens (including phenoxy) is 3. The van der Waals surface area contributed by atoms with E-state index in [2.05, 4.69) is 0 Å². The van der Waals surface area contributed by atoms with Crippen LogP contribution in [0.2, 0.25) is 0 Å². The van der Waals surface area contributed by atoms with Crippen LogP contribution in [0.15, 0.2) is 60.7 Å². The normalized spacial score (nSPS) is 17.9. The standard InChI is InChI=1S/C25H24FNO5/c1-3-31-22-13-12-16-8-4-5-9-18(16)23(22)24(28)27-15-17(14-20(27)25(29)30-2)32-21-11-7-6-10-19(21)26/h4-13,17,20H,3,14-15H2,1-2H3. The molecule has 0 aliphatic carbocycles. The summed E-state index contributed by atoms with van der Waals surface area (Å²) in [5.41, 5.74) is 0.380. The lowest BCUT2D eigenvalue weighted by molar-refractivity contribution is -0.145. The molecule has 1 aliphatic heterocycles. The van der Waals surface area contributed by atoms with Crippen molar-refractivity contribution in [3.8, 4) is 11.5 Å². The zero-order chi connectivity index (χ0) is 22.7. The summed E-state index contributed by atoms with van der Waals surface area (Å²) >= 11 is 0. The summed E-state index contributed by atoms with van der Waals surface area (Å²) in [7, 11) is 1.28. The number of benzene rings is 3. The van der Waals surface area contributed by atoms with E-state index in [1.54, 1.807) is 18.2 Å². The van der Waals surface area contributed by atoms with Gasteiger partial charge in [0.15, 0.2) is 11.6 Å². The molecular formula is C25H24FNO5. The van der Waals surface area contributed by atoms with Gasteiger partial charge in [0.1, 0.15) is 17.9 Å². The van der Waals surface area contributed by atoms with Gasteiger partial charge in [0.25, 0.3) is 5.91 Å². The molecule has 0 spiro atoms. The van der Waals surface area contributed by atoms with Gasteiger partial charge in [-0.05, 0) is 35.9 Å². The maximum Gasteiger partial charge on any atom is 0.328 e. The van der Waals surface area contributed by atoms with Crippen LogP contribution >= 0.6 is 0 Å². The Hall–Kier alpha value is -3.61. The second kappa shape index (κ2) is 9.26. The second-order valence-corrected chi connectivity index (χ2v) is 7.50. The lowest BCUT2D eigenvalue weighted by atomic mass is 10.0. The van der Waals surface area contributed by atoms with Crippen LogP contribution < -0.4 is 9.47 Å². The Morgan fingerprint density at radius 2 is 1.78 bits per heavy atom. The third-order valence-electron chi connectivity index (χ3n) is 5.53. The minimum atomic E-state index is -0.849. The van der Waals surface area contributed by atoms with E-state index in [1.165, 1.54) is 24.1 Å². The van der Waals surface area contributed by atoms with Gasteiger partial charge in [0.2, 0.25) is 0 Å². The molecule has 0 radical (unpaired) electrons. The fourth-order valence-electron chi connectivity index (χ4n) is 4.08. The summed E-state index contributed by atoms with van der Waals surface area (Å²) in [6.07, 6.45) is -0.368. The van der Waals surface area contributed by atoms with Crippen molar-refractivity contribution in [2.75, 3.05) is 20.3 Å². The van der Waals surface area contributed by atoms with E-state index in [-0.39, 0.29) is 24.6 Å². The number of rotatable bonds is 6. The zero-order valence-corrected chi connectivity index (χ0v) is 17.9. The molecule has 2 unspecified atom stereocenters. The number of amides is 1. The van der Waals surface area contributed by atoms with Crippen LogP contribution in [0.4, 0.5) is 4.39 Å². The molecule has 0 saturated carbocycles. The summed E-state index contributed by atoms with van der Waals surface area (Å²) in [4.78, 5) is 27.7.